The molecule has 1 N–H and O–H groups in total. The molecule has 0 saturated carbocycles. The van der Waals surface area contributed by atoms with Crippen molar-refractivity contribution in [2.75, 3.05) is 33.1 Å². The average Bonchev–Trinajstić information content (AvgIpc) is 2.60. The van der Waals surface area contributed by atoms with Gasteiger partial charge in [-0.05, 0) is 24.3 Å². The van der Waals surface area contributed by atoms with Gasteiger partial charge in [0, 0.05) is 24.2 Å². The van der Waals surface area contributed by atoms with E-state index >= 15 is 0 Å². The zero-order chi connectivity index (χ0) is 17.5. The first-order valence-electron chi connectivity index (χ1n) is 7.48. The monoisotopic (exact) mass is 348 g/mol. The van der Waals surface area contributed by atoms with Crippen LogP contribution in [0.5, 0.6) is 11.5 Å². The summed E-state index contributed by atoms with van der Waals surface area (Å²) in [6, 6.07) is 12.9. The SMILES string of the molecule is COc1ccccc1CN(C)C(=O)CNc1cc(Cl)ccc1OC. The summed E-state index contributed by atoms with van der Waals surface area (Å²) >= 11 is 5.99. The van der Waals surface area contributed by atoms with Gasteiger partial charge in [0.25, 0.3) is 0 Å². The number of methoxy groups -OCH3 is 2. The maximum absolute atomic E-state index is 12.4. The largest absolute Gasteiger partial charge is 0.496 e. The highest BCUT2D eigenvalue weighted by molar-refractivity contribution is 6.30. The van der Waals surface area contributed by atoms with Gasteiger partial charge in [-0.3, -0.25) is 4.79 Å². The standard InChI is InChI=1S/C18H21ClN2O3/c1-21(12-13-6-4-5-7-16(13)23-2)18(22)11-20-15-10-14(19)8-9-17(15)24-3/h4-10,20H,11-12H2,1-3H3. The third kappa shape index (κ3) is 4.55. The van der Waals surface area contributed by atoms with Crippen molar-refractivity contribution in [1.29, 1.82) is 0 Å². The molecule has 0 aliphatic rings. The Bertz CT molecular complexity index is 706. The molecule has 0 unspecified atom stereocenters. The number of rotatable bonds is 7. The number of hydrogen-bond acceptors (Lipinski definition) is 4. The zero-order valence-corrected chi connectivity index (χ0v) is 14.8. The van der Waals surface area contributed by atoms with Crippen molar-refractivity contribution < 1.29 is 14.3 Å². The Labute approximate surface area is 147 Å². The van der Waals surface area contributed by atoms with Gasteiger partial charge in [-0.2, -0.15) is 0 Å². The van der Waals surface area contributed by atoms with Crippen molar-refractivity contribution in [3.05, 3.63) is 53.1 Å². The number of halogens is 1. The molecule has 128 valence electrons. The summed E-state index contributed by atoms with van der Waals surface area (Å²) in [6.45, 7) is 0.611. The molecule has 0 heterocycles. The number of nitrogens with one attached hydrogen (secondary N) is 1. The second-order valence-corrected chi connectivity index (χ2v) is 5.70. The lowest BCUT2D eigenvalue weighted by molar-refractivity contribution is -0.128. The maximum Gasteiger partial charge on any atom is 0.241 e. The van der Waals surface area contributed by atoms with Gasteiger partial charge in [0.2, 0.25) is 5.91 Å². The minimum absolute atomic E-state index is 0.0528. The smallest absolute Gasteiger partial charge is 0.241 e. The summed E-state index contributed by atoms with van der Waals surface area (Å²) < 4.78 is 10.6. The van der Waals surface area contributed by atoms with E-state index in [1.54, 1.807) is 44.4 Å². The number of carbonyl (C=O) groups is 1. The Morgan fingerprint density at radius 1 is 1.12 bits per heavy atom. The lowest BCUT2D eigenvalue weighted by Gasteiger charge is -2.20. The number of likely N-dealkylation sites (N-methyl/N-ethyl adjacent to an activating group) is 1. The van der Waals surface area contributed by atoms with E-state index in [4.69, 9.17) is 21.1 Å². The van der Waals surface area contributed by atoms with E-state index < -0.39 is 0 Å². The molecule has 0 fully saturated rings. The van der Waals surface area contributed by atoms with Gasteiger partial charge in [-0.15, -0.1) is 0 Å². The summed E-state index contributed by atoms with van der Waals surface area (Å²) in [4.78, 5) is 14.0. The normalized spacial score (nSPS) is 10.2. The van der Waals surface area contributed by atoms with Crippen molar-refractivity contribution >= 4 is 23.2 Å². The highest BCUT2D eigenvalue weighted by Gasteiger charge is 2.13. The van der Waals surface area contributed by atoms with Crippen molar-refractivity contribution in [2.45, 2.75) is 6.54 Å². The Balaban J connectivity index is 1.98. The Morgan fingerprint density at radius 2 is 1.83 bits per heavy atom. The third-order valence-electron chi connectivity index (χ3n) is 3.62. The van der Waals surface area contributed by atoms with Gasteiger partial charge in [0.05, 0.1) is 26.5 Å². The molecule has 0 saturated heterocycles. The average molecular weight is 349 g/mol. The first kappa shape index (κ1) is 17.9. The van der Waals surface area contributed by atoms with Crippen LogP contribution < -0.4 is 14.8 Å². The minimum atomic E-state index is -0.0528. The number of amides is 1. The number of nitrogens with zero attached hydrogens (tertiary/aromatic N) is 1. The number of anilines is 1. The second kappa shape index (κ2) is 8.45. The zero-order valence-electron chi connectivity index (χ0n) is 14.0. The second-order valence-electron chi connectivity index (χ2n) is 5.26. The quantitative estimate of drug-likeness (QED) is 0.833. The van der Waals surface area contributed by atoms with Crippen LogP contribution in [0.4, 0.5) is 5.69 Å². The van der Waals surface area contributed by atoms with Crippen molar-refractivity contribution in [2.24, 2.45) is 0 Å². The number of benzene rings is 2. The Morgan fingerprint density at radius 3 is 2.54 bits per heavy atom. The maximum atomic E-state index is 12.4. The third-order valence-corrected chi connectivity index (χ3v) is 3.85. The van der Waals surface area contributed by atoms with Gasteiger partial charge in [0.15, 0.2) is 0 Å². The fourth-order valence-electron chi connectivity index (χ4n) is 2.30. The van der Waals surface area contributed by atoms with E-state index in [2.05, 4.69) is 5.32 Å². The summed E-state index contributed by atoms with van der Waals surface area (Å²) in [5.41, 5.74) is 1.64. The highest BCUT2D eigenvalue weighted by Crippen LogP contribution is 2.27. The molecule has 0 radical (unpaired) electrons. The lowest BCUT2D eigenvalue weighted by Crippen LogP contribution is -2.32. The summed E-state index contributed by atoms with van der Waals surface area (Å²) in [5, 5.41) is 3.65. The molecule has 0 bridgehead atoms. The molecule has 0 spiro atoms. The van der Waals surface area contributed by atoms with Crippen LogP contribution in [0.3, 0.4) is 0 Å². The van der Waals surface area contributed by atoms with Gasteiger partial charge in [-0.1, -0.05) is 29.8 Å². The van der Waals surface area contributed by atoms with Crippen molar-refractivity contribution in [1.82, 2.24) is 4.90 Å². The van der Waals surface area contributed by atoms with Crippen molar-refractivity contribution in [3.8, 4) is 11.5 Å². The molecule has 5 nitrogen and oxygen atoms in total. The molecule has 0 aliphatic carbocycles. The molecule has 2 aromatic carbocycles. The first-order chi connectivity index (χ1) is 11.5. The first-order valence-corrected chi connectivity index (χ1v) is 7.86. The molecule has 0 aromatic heterocycles. The Kier molecular flexibility index (Phi) is 6.32. The van der Waals surface area contributed by atoms with E-state index in [9.17, 15) is 4.79 Å². The minimum Gasteiger partial charge on any atom is -0.496 e. The highest BCUT2D eigenvalue weighted by atomic mass is 35.5. The van der Waals surface area contributed by atoms with Crippen molar-refractivity contribution in [3.63, 3.8) is 0 Å². The summed E-state index contributed by atoms with van der Waals surface area (Å²) in [5.74, 6) is 1.35. The van der Waals surface area contributed by atoms with E-state index in [-0.39, 0.29) is 12.5 Å². The van der Waals surface area contributed by atoms with E-state index in [0.717, 1.165) is 11.3 Å². The summed E-state index contributed by atoms with van der Waals surface area (Å²) in [7, 11) is 4.95. The van der Waals surface area contributed by atoms with Crippen LogP contribution in [0.1, 0.15) is 5.56 Å². The predicted molar refractivity (Wildman–Crippen MR) is 96.0 cm³/mol. The summed E-state index contributed by atoms with van der Waals surface area (Å²) in [6.07, 6.45) is 0. The van der Waals surface area contributed by atoms with Crippen LogP contribution in [0, 0.1) is 0 Å². The van der Waals surface area contributed by atoms with Crippen LogP contribution >= 0.6 is 11.6 Å². The number of hydrogen-bond donors (Lipinski definition) is 1. The fraction of sp³-hybridized carbons (Fsp3) is 0.278. The van der Waals surface area contributed by atoms with Gasteiger partial charge < -0.3 is 19.7 Å². The van der Waals surface area contributed by atoms with Gasteiger partial charge in [0.1, 0.15) is 11.5 Å². The van der Waals surface area contributed by atoms with Crippen LogP contribution in [-0.4, -0.2) is 38.6 Å². The fourth-order valence-corrected chi connectivity index (χ4v) is 2.47. The number of para-hydroxylation sites is 1. The van der Waals surface area contributed by atoms with E-state index in [1.165, 1.54) is 0 Å². The molecule has 24 heavy (non-hydrogen) atoms. The van der Waals surface area contributed by atoms with Gasteiger partial charge >= 0.3 is 0 Å². The van der Waals surface area contributed by atoms with E-state index in [1.807, 2.05) is 24.3 Å². The van der Waals surface area contributed by atoms with Crippen LogP contribution in [0.2, 0.25) is 5.02 Å². The number of carbonyl (C=O) groups excluding carboxylic acids is 1. The molecule has 6 heteroatoms. The molecule has 2 rings (SSSR count). The predicted octanol–water partition coefficient (Wildman–Crippen LogP) is 3.43. The van der Waals surface area contributed by atoms with Crippen LogP contribution in [0.25, 0.3) is 0 Å². The molecule has 2 aromatic rings. The molecule has 0 atom stereocenters. The molecule has 0 aliphatic heterocycles. The molecular weight excluding hydrogens is 328 g/mol. The molecule has 1 amide bonds. The molecular formula is C18H21ClN2O3. The van der Waals surface area contributed by atoms with Gasteiger partial charge in [-0.25, -0.2) is 0 Å². The topological polar surface area (TPSA) is 50.8 Å². The Hall–Kier alpha value is -2.40. The van der Waals surface area contributed by atoms with E-state index in [0.29, 0.717) is 23.0 Å². The van der Waals surface area contributed by atoms with Crippen LogP contribution in [-0.2, 0) is 11.3 Å². The number of ether oxygens (including phenoxy) is 2. The van der Waals surface area contributed by atoms with Crippen LogP contribution in [0.15, 0.2) is 42.5 Å². The lowest BCUT2D eigenvalue weighted by atomic mass is 10.2.